The van der Waals surface area contributed by atoms with Crippen molar-refractivity contribution in [2.24, 2.45) is 0 Å². The molecule has 0 unspecified atom stereocenters. The van der Waals surface area contributed by atoms with Gasteiger partial charge in [0, 0.05) is 30.0 Å². The first-order valence-corrected chi connectivity index (χ1v) is 8.12. The Labute approximate surface area is 144 Å². The van der Waals surface area contributed by atoms with E-state index in [0.29, 0.717) is 11.7 Å². The van der Waals surface area contributed by atoms with Gasteiger partial charge in [-0.3, -0.25) is 4.98 Å². The third kappa shape index (κ3) is 5.27. The van der Waals surface area contributed by atoms with Crippen molar-refractivity contribution in [1.82, 2.24) is 15.6 Å². The van der Waals surface area contributed by atoms with Gasteiger partial charge in [0.15, 0.2) is 5.11 Å². The van der Waals surface area contributed by atoms with E-state index < -0.39 is 0 Å². The van der Waals surface area contributed by atoms with Crippen molar-refractivity contribution in [1.29, 1.82) is 0 Å². The maximum absolute atomic E-state index is 5.36. The molecule has 0 aliphatic heterocycles. The summed E-state index contributed by atoms with van der Waals surface area (Å²) in [5, 5.41) is 7.00. The molecular weight excluding hydrogens is 362 g/mol. The topological polar surface area (TPSA) is 46.2 Å². The van der Waals surface area contributed by atoms with Crippen LogP contribution >= 0.6 is 28.1 Å². The van der Waals surface area contributed by atoms with Gasteiger partial charge in [-0.25, -0.2) is 0 Å². The third-order valence-corrected chi connectivity index (χ3v) is 3.88. The molecule has 0 fully saturated rings. The molecule has 1 aromatic carbocycles. The molecule has 4 nitrogen and oxygen atoms in total. The fourth-order valence-corrected chi connectivity index (χ4v) is 2.58. The highest BCUT2D eigenvalue weighted by Gasteiger charge is 2.04. The fourth-order valence-electron chi connectivity index (χ4n) is 2.00. The molecule has 6 heteroatoms. The van der Waals surface area contributed by atoms with E-state index in [0.717, 1.165) is 34.3 Å². The van der Waals surface area contributed by atoms with E-state index >= 15 is 0 Å². The van der Waals surface area contributed by atoms with Gasteiger partial charge in [-0.05, 0) is 54.0 Å². The standard InChI is InChI=1S/C16H18BrN3OS/c1-21-15-5-4-14(17)9-13(15)6-8-19-16(22)20-11-12-3-2-7-18-10-12/h2-5,7,9-10H,6,8,11H2,1H3,(H2,19,20,22). The third-order valence-electron chi connectivity index (χ3n) is 3.10. The van der Waals surface area contributed by atoms with Gasteiger partial charge in [0.25, 0.3) is 0 Å². The van der Waals surface area contributed by atoms with Crippen molar-refractivity contribution in [2.45, 2.75) is 13.0 Å². The van der Waals surface area contributed by atoms with Gasteiger partial charge in [0.2, 0.25) is 0 Å². The lowest BCUT2D eigenvalue weighted by atomic mass is 10.1. The van der Waals surface area contributed by atoms with Crippen LogP contribution in [0.2, 0.25) is 0 Å². The summed E-state index contributed by atoms with van der Waals surface area (Å²) < 4.78 is 6.40. The van der Waals surface area contributed by atoms with Gasteiger partial charge < -0.3 is 15.4 Å². The van der Waals surface area contributed by atoms with E-state index in [-0.39, 0.29) is 0 Å². The first-order chi connectivity index (χ1) is 10.7. The molecule has 0 atom stereocenters. The van der Waals surface area contributed by atoms with Crippen molar-refractivity contribution < 1.29 is 4.74 Å². The Hall–Kier alpha value is -1.66. The maximum atomic E-state index is 5.36. The second-order valence-corrected chi connectivity index (χ2v) is 6.00. The molecule has 22 heavy (non-hydrogen) atoms. The number of methoxy groups -OCH3 is 1. The fraction of sp³-hybridized carbons (Fsp3) is 0.250. The Balaban J connectivity index is 1.76. The second kappa shape index (κ2) is 8.70. The highest BCUT2D eigenvalue weighted by Crippen LogP contribution is 2.23. The van der Waals surface area contributed by atoms with E-state index in [1.807, 2.05) is 30.5 Å². The predicted octanol–water partition coefficient (Wildman–Crippen LogP) is 3.06. The Morgan fingerprint density at radius 2 is 2.18 bits per heavy atom. The molecule has 0 bridgehead atoms. The Morgan fingerprint density at radius 1 is 1.32 bits per heavy atom. The molecule has 0 aliphatic rings. The summed E-state index contributed by atoms with van der Waals surface area (Å²) in [4.78, 5) is 4.07. The molecule has 0 spiro atoms. The summed E-state index contributed by atoms with van der Waals surface area (Å²) in [5.74, 6) is 0.888. The van der Waals surface area contributed by atoms with E-state index in [1.165, 1.54) is 0 Å². The number of aromatic nitrogens is 1. The lowest BCUT2D eigenvalue weighted by Gasteiger charge is -2.12. The lowest BCUT2D eigenvalue weighted by Crippen LogP contribution is -2.35. The summed E-state index contributed by atoms with van der Waals surface area (Å²) in [6.07, 6.45) is 4.41. The summed E-state index contributed by atoms with van der Waals surface area (Å²) >= 11 is 8.75. The number of hydrogen-bond donors (Lipinski definition) is 2. The molecule has 0 amide bonds. The summed E-state index contributed by atoms with van der Waals surface area (Å²) in [6, 6.07) is 9.91. The first-order valence-electron chi connectivity index (χ1n) is 6.92. The molecule has 0 radical (unpaired) electrons. The zero-order valence-corrected chi connectivity index (χ0v) is 14.7. The zero-order chi connectivity index (χ0) is 15.8. The maximum Gasteiger partial charge on any atom is 0.166 e. The van der Waals surface area contributed by atoms with Gasteiger partial charge in [-0.1, -0.05) is 22.0 Å². The highest BCUT2D eigenvalue weighted by molar-refractivity contribution is 9.10. The number of benzene rings is 1. The van der Waals surface area contributed by atoms with Crippen LogP contribution in [-0.4, -0.2) is 23.8 Å². The lowest BCUT2D eigenvalue weighted by molar-refractivity contribution is 0.409. The quantitative estimate of drug-likeness (QED) is 0.755. The molecule has 2 aromatic rings. The number of nitrogens with one attached hydrogen (secondary N) is 2. The number of ether oxygens (including phenoxy) is 1. The molecule has 1 heterocycles. The van der Waals surface area contributed by atoms with Crippen LogP contribution in [-0.2, 0) is 13.0 Å². The van der Waals surface area contributed by atoms with Crippen LogP contribution in [0.15, 0.2) is 47.2 Å². The zero-order valence-electron chi connectivity index (χ0n) is 12.3. The average molecular weight is 380 g/mol. The first kappa shape index (κ1) is 16.7. The average Bonchev–Trinajstić information content (AvgIpc) is 2.54. The van der Waals surface area contributed by atoms with Crippen molar-refractivity contribution >= 4 is 33.3 Å². The summed E-state index contributed by atoms with van der Waals surface area (Å²) in [5.41, 5.74) is 2.24. The van der Waals surface area contributed by atoms with Gasteiger partial charge >= 0.3 is 0 Å². The minimum Gasteiger partial charge on any atom is -0.496 e. The van der Waals surface area contributed by atoms with E-state index in [9.17, 15) is 0 Å². The van der Waals surface area contributed by atoms with Gasteiger partial charge in [0.1, 0.15) is 5.75 Å². The SMILES string of the molecule is COc1ccc(Br)cc1CCNC(=S)NCc1cccnc1. The molecule has 0 saturated heterocycles. The number of rotatable bonds is 6. The van der Waals surface area contributed by atoms with E-state index in [4.69, 9.17) is 17.0 Å². The van der Waals surface area contributed by atoms with Crippen molar-refractivity contribution in [3.05, 3.63) is 58.3 Å². The van der Waals surface area contributed by atoms with E-state index in [1.54, 1.807) is 13.3 Å². The Bertz CT molecular complexity index is 622. The van der Waals surface area contributed by atoms with Crippen LogP contribution in [0.3, 0.4) is 0 Å². The molecule has 0 aliphatic carbocycles. The highest BCUT2D eigenvalue weighted by atomic mass is 79.9. The largest absolute Gasteiger partial charge is 0.496 e. The number of pyridine rings is 1. The van der Waals surface area contributed by atoms with Gasteiger partial charge in [-0.2, -0.15) is 0 Å². The number of thiocarbonyl (C=S) groups is 1. The van der Waals surface area contributed by atoms with Crippen LogP contribution < -0.4 is 15.4 Å². The summed E-state index contributed by atoms with van der Waals surface area (Å²) in [6.45, 7) is 1.41. The summed E-state index contributed by atoms with van der Waals surface area (Å²) in [7, 11) is 1.68. The monoisotopic (exact) mass is 379 g/mol. The van der Waals surface area contributed by atoms with Gasteiger partial charge in [-0.15, -0.1) is 0 Å². The van der Waals surface area contributed by atoms with Crippen molar-refractivity contribution in [3.8, 4) is 5.75 Å². The molecule has 1 aromatic heterocycles. The number of halogens is 1. The minimum atomic E-state index is 0.637. The van der Waals surface area contributed by atoms with Crippen LogP contribution in [0, 0.1) is 0 Å². The molecular formula is C16H18BrN3OS. The molecule has 2 rings (SSSR count). The van der Waals surface area contributed by atoms with E-state index in [2.05, 4.69) is 37.6 Å². The normalized spacial score (nSPS) is 10.1. The minimum absolute atomic E-state index is 0.637. The Morgan fingerprint density at radius 3 is 2.91 bits per heavy atom. The van der Waals surface area contributed by atoms with Crippen LogP contribution in [0.5, 0.6) is 5.75 Å². The smallest absolute Gasteiger partial charge is 0.166 e. The van der Waals surface area contributed by atoms with Gasteiger partial charge in [0.05, 0.1) is 7.11 Å². The molecule has 0 saturated carbocycles. The van der Waals surface area contributed by atoms with Crippen molar-refractivity contribution in [3.63, 3.8) is 0 Å². The molecule has 2 N–H and O–H groups in total. The van der Waals surface area contributed by atoms with Crippen molar-refractivity contribution in [2.75, 3.05) is 13.7 Å². The van der Waals surface area contributed by atoms with Crippen LogP contribution in [0.25, 0.3) is 0 Å². The Kier molecular flexibility index (Phi) is 6.61. The second-order valence-electron chi connectivity index (χ2n) is 4.68. The predicted molar refractivity (Wildman–Crippen MR) is 96.1 cm³/mol. The number of hydrogen-bond acceptors (Lipinski definition) is 3. The van der Waals surface area contributed by atoms with Crippen LogP contribution in [0.4, 0.5) is 0 Å². The van der Waals surface area contributed by atoms with Crippen LogP contribution in [0.1, 0.15) is 11.1 Å². The molecule has 116 valence electrons. The number of nitrogens with zero attached hydrogens (tertiary/aromatic N) is 1.